The SMILES string of the molecule is CN(CCCN(C)Cc1nnnn1C(C)(C)C)Cc1ccncc1. The zero-order chi connectivity index (χ0) is 17.6. The van der Waals surface area contributed by atoms with Gasteiger partial charge in [-0.2, -0.15) is 0 Å². The second kappa shape index (κ2) is 8.30. The summed E-state index contributed by atoms with van der Waals surface area (Å²) >= 11 is 0. The van der Waals surface area contributed by atoms with Crippen LogP contribution in [0.4, 0.5) is 0 Å². The molecule has 0 aliphatic rings. The van der Waals surface area contributed by atoms with Crippen molar-refractivity contribution in [3.63, 3.8) is 0 Å². The van der Waals surface area contributed by atoms with Gasteiger partial charge in [-0.3, -0.25) is 9.88 Å². The maximum Gasteiger partial charge on any atom is 0.165 e. The van der Waals surface area contributed by atoms with Gasteiger partial charge in [0.1, 0.15) is 0 Å². The quantitative estimate of drug-likeness (QED) is 0.735. The lowest BCUT2D eigenvalue weighted by molar-refractivity contribution is 0.252. The lowest BCUT2D eigenvalue weighted by Crippen LogP contribution is -2.30. The molecular formula is C17H29N7. The van der Waals surface area contributed by atoms with Crippen LogP contribution >= 0.6 is 0 Å². The van der Waals surface area contributed by atoms with Gasteiger partial charge in [0, 0.05) is 18.9 Å². The van der Waals surface area contributed by atoms with Gasteiger partial charge in [-0.25, -0.2) is 4.68 Å². The first kappa shape index (κ1) is 18.5. The molecule has 2 heterocycles. The molecule has 0 radical (unpaired) electrons. The third-order valence-corrected chi connectivity index (χ3v) is 3.86. The molecule has 7 heteroatoms. The third-order valence-electron chi connectivity index (χ3n) is 3.86. The summed E-state index contributed by atoms with van der Waals surface area (Å²) in [6.07, 6.45) is 4.79. The number of tetrazole rings is 1. The average molecular weight is 331 g/mol. The Morgan fingerprint density at radius 1 is 1.00 bits per heavy atom. The van der Waals surface area contributed by atoms with Crippen LogP contribution in [0.15, 0.2) is 24.5 Å². The van der Waals surface area contributed by atoms with Crippen molar-refractivity contribution in [3.8, 4) is 0 Å². The van der Waals surface area contributed by atoms with E-state index in [1.165, 1.54) is 5.56 Å². The largest absolute Gasteiger partial charge is 0.302 e. The van der Waals surface area contributed by atoms with Crippen molar-refractivity contribution in [2.24, 2.45) is 0 Å². The van der Waals surface area contributed by atoms with E-state index in [0.29, 0.717) is 0 Å². The standard InChI is InChI=1S/C17H29N7/c1-17(2,3)24-16(19-20-21-24)14-23(5)12-6-11-22(4)13-15-7-9-18-10-8-15/h7-10H,6,11-14H2,1-5H3. The van der Waals surface area contributed by atoms with Crippen molar-refractivity contribution < 1.29 is 0 Å². The number of pyridine rings is 1. The molecule has 0 aliphatic heterocycles. The van der Waals surface area contributed by atoms with Crippen molar-refractivity contribution in [3.05, 3.63) is 35.9 Å². The minimum atomic E-state index is -0.0928. The summed E-state index contributed by atoms with van der Waals surface area (Å²) in [7, 11) is 4.27. The first-order valence-corrected chi connectivity index (χ1v) is 8.40. The summed E-state index contributed by atoms with van der Waals surface area (Å²) in [6, 6.07) is 4.13. The molecule has 2 aromatic heterocycles. The molecule has 0 unspecified atom stereocenters. The first-order valence-electron chi connectivity index (χ1n) is 8.40. The number of aromatic nitrogens is 5. The van der Waals surface area contributed by atoms with Gasteiger partial charge in [0.05, 0.1) is 12.1 Å². The molecule has 24 heavy (non-hydrogen) atoms. The van der Waals surface area contributed by atoms with Crippen molar-refractivity contribution in [2.45, 2.75) is 45.8 Å². The lowest BCUT2D eigenvalue weighted by atomic mass is 10.1. The molecule has 0 aromatic carbocycles. The van der Waals surface area contributed by atoms with Crippen molar-refractivity contribution in [1.29, 1.82) is 0 Å². The molecule has 0 aliphatic carbocycles. The van der Waals surface area contributed by atoms with E-state index in [2.05, 4.69) is 77.3 Å². The molecule has 0 saturated carbocycles. The van der Waals surface area contributed by atoms with Crippen LogP contribution in [0.25, 0.3) is 0 Å². The van der Waals surface area contributed by atoms with Gasteiger partial charge < -0.3 is 4.90 Å². The Labute approximate surface area is 144 Å². The molecule has 2 rings (SSSR count). The Hall–Kier alpha value is -1.86. The van der Waals surface area contributed by atoms with E-state index in [0.717, 1.165) is 38.4 Å². The fourth-order valence-corrected chi connectivity index (χ4v) is 2.64. The third kappa shape index (κ3) is 5.65. The summed E-state index contributed by atoms with van der Waals surface area (Å²) in [6.45, 7) is 10.1. The maximum atomic E-state index is 4.17. The van der Waals surface area contributed by atoms with E-state index in [-0.39, 0.29) is 5.54 Å². The van der Waals surface area contributed by atoms with Crippen LogP contribution in [0, 0.1) is 0 Å². The molecule has 0 atom stereocenters. The smallest absolute Gasteiger partial charge is 0.165 e. The van der Waals surface area contributed by atoms with Crippen molar-refractivity contribution >= 4 is 0 Å². The van der Waals surface area contributed by atoms with Crippen LogP contribution in [0.1, 0.15) is 38.6 Å². The zero-order valence-electron chi connectivity index (χ0n) is 15.5. The molecule has 0 bridgehead atoms. The normalized spacial score (nSPS) is 12.3. The van der Waals surface area contributed by atoms with Crippen LogP contribution in [-0.4, -0.2) is 62.2 Å². The predicted molar refractivity (Wildman–Crippen MR) is 94.3 cm³/mol. The van der Waals surface area contributed by atoms with Crippen LogP contribution in [-0.2, 0) is 18.6 Å². The zero-order valence-corrected chi connectivity index (χ0v) is 15.5. The summed E-state index contributed by atoms with van der Waals surface area (Å²) in [5.41, 5.74) is 1.20. The monoisotopic (exact) mass is 331 g/mol. The van der Waals surface area contributed by atoms with Gasteiger partial charge in [0.25, 0.3) is 0 Å². The fourth-order valence-electron chi connectivity index (χ4n) is 2.64. The van der Waals surface area contributed by atoms with Crippen LogP contribution in [0.3, 0.4) is 0 Å². The number of nitrogens with zero attached hydrogens (tertiary/aromatic N) is 7. The Kier molecular flexibility index (Phi) is 6.39. The van der Waals surface area contributed by atoms with Gasteiger partial charge in [-0.05, 0) is 82.5 Å². The molecule has 7 nitrogen and oxygen atoms in total. The minimum Gasteiger partial charge on any atom is -0.302 e. The summed E-state index contributed by atoms with van der Waals surface area (Å²) < 4.78 is 1.90. The predicted octanol–water partition coefficient (Wildman–Crippen LogP) is 1.78. The maximum absolute atomic E-state index is 4.17. The highest BCUT2D eigenvalue weighted by Gasteiger charge is 2.20. The second-order valence-corrected chi connectivity index (χ2v) is 7.36. The highest BCUT2D eigenvalue weighted by Crippen LogP contribution is 2.14. The highest BCUT2D eigenvalue weighted by molar-refractivity contribution is 5.09. The molecule has 0 spiro atoms. The van der Waals surface area contributed by atoms with E-state index in [9.17, 15) is 0 Å². The van der Waals surface area contributed by atoms with Crippen molar-refractivity contribution in [2.75, 3.05) is 27.2 Å². The van der Waals surface area contributed by atoms with E-state index in [1.54, 1.807) is 0 Å². The highest BCUT2D eigenvalue weighted by atomic mass is 15.6. The second-order valence-electron chi connectivity index (χ2n) is 7.36. The van der Waals surface area contributed by atoms with Crippen LogP contribution in [0.5, 0.6) is 0 Å². The van der Waals surface area contributed by atoms with Gasteiger partial charge >= 0.3 is 0 Å². The summed E-state index contributed by atoms with van der Waals surface area (Å²) in [4.78, 5) is 8.66. The van der Waals surface area contributed by atoms with E-state index in [4.69, 9.17) is 0 Å². The lowest BCUT2D eigenvalue weighted by Gasteiger charge is -2.23. The Bertz CT molecular complexity index is 603. The van der Waals surface area contributed by atoms with Crippen LogP contribution < -0.4 is 0 Å². The van der Waals surface area contributed by atoms with E-state index in [1.807, 2.05) is 17.1 Å². The van der Waals surface area contributed by atoms with E-state index < -0.39 is 0 Å². The Balaban J connectivity index is 1.74. The number of hydrogen-bond donors (Lipinski definition) is 0. The van der Waals surface area contributed by atoms with Gasteiger partial charge in [0.15, 0.2) is 5.82 Å². The summed E-state index contributed by atoms with van der Waals surface area (Å²) in [5.74, 6) is 0.912. The molecule has 0 N–H and O–H groups in total. The summed E-state index contributed by atoms with van der Waals surface area (Å²) in [5, 5.41) is 12.1. The van der Waals surface area contributed by atoms with Crippen LogP contribution in [0.2, 0.25) is 0 Å². The Morgan fingerprint density at radius 2 is 1.62 bits per heavy atom. The van der Waals surface area contributed by atoms with Gasteiger partial charge in [0.2, 0.25) is 0 Å². The molecule has 2 aromatic rings. The molecular weight excluding hydrogens is 302 g/mol. The minimum absolute atomic E-state index is 0.0928. The number of rotatable bonds is 8. The van der Waals surface area contributed by atoms with Crippen molar-refractivity contribution in [1.82, 2.24) is 35.0 Å². The number of hydrogen-bond acceptors (Lipinski definition) is 6. The molecule has 0 saturated heterocycles. The Morgan fingerprint density at radius 3 is 2.25 bits per heavy atom. The fraction of sp³-hybridized carbons (Fsp3) is 0.647. The van der Waals surface area contributed by atoms with Gasteiger partial charge in [-0.15, -0.1) is 5.10 Å². The van der Waals surface area contributed by atoms with Gasteiger partial charge in [-0.1, -0.05) is 0 Å². The molecule has 0 amide bonds. The average Bonchev–Trinajstić information content (AvgIpc) is 2.96. The molecule has 132 valence electrons. The van der Waals surface area contributed by atoms with E-state index >= 15 is 0 Å². The first-order chi connectivity index (χ1) is 11.4. The molecule has 0 fully saturated rings. The topological polar surface area (TPSA) is 63.0 Å².